The van der Waals surface area contributed by atoms with Crippen LogP contribution in [0.15, 0.2) is 42.5 Å². The Bertz CT molecular complexity index is 626. The van der Waals surface area contributed by atoms with Crippen LogP contribution in [-0.2, 0) is 13.0 Å². The summed E-state index contributed by atoms with van der Waals surface area (Å²) in [5, 5.41) is 0. The molecule has 0 heterocycles. The smallest absolute Gasteiger partial charge is 0.161 e. The number of nitrogen functional groups attached to an aromatic ring is 1. The van der Waals surface area contributed by atoms with Gasteiger partial charge >= 0.3 is 0 Å². The second-order valence-corrected chi connectivity index (χ2v) is 6.13. The highest BCUT2D eigenvalue weighted by molar-refractivity contribution is 5.42. The van der Waals surface area contributed by atoms with Gasteiger partial charge in [0.25, 0.3) is 0 Å². The molecule has 2 rings (SSSR count). The van der Waals surface area contributed by atoms with E-state index >= 15 is 0 Å². The van der Waals surface area contributed by atoms with Gasteiger partial charge in [0.1, 0.15) is 0 Å². The number of ether oxygens (including phenoxy) is 2. The summed E-state index contributed by atoms with van der Waals surface area (Å²) in [5.41, 5.74) is 9.12. The van der Waals surface area contributed by atoms with Crippen molar-refractivity contribution in [2.45, 2.75) is 25.8 Å². The first-order chi connectivity index (χ1) is 11.6. The highest BCUT2D eigenvalue weighted by Crippen LogP contribution is 2.27. The molecule has 2 aromatic carbocycles. The van der Waals surface area contributed by atoms with Crippen molar-refractivity contribution >= 4 is 5.69 Å². The number of benzene rings is 2. The molecular formula is C20H28N2O2. The number of rotatable bonds is 9. The fourth-order valence-corrected chi connectivity index (χ4v) is 2.76. The third-order valence-electron chi connectivity index (χ3n) is 4.14. The standard InChI is InChI=1S/C20H28N2O2/c1-22(13-5-4-6-16-7-10-18(21)11-8-16)15-17-9-12-19(23-2)20(14-17)24-3/h7-12,14H,4-6,13,15,21H2,1-3H3. The molecule has 2 aromatic rings. The van der Waals surface area contributed by atoms with Crippen LogP contribution in [0.25, 0.3) is 0 Å². The van der Waals surface area contributed by atoms with Crippen molar-refractivity contribution < 1.29 is 9.47 Å². The molecule has 0 atom stereocenters. The van der Waals surface area contributed by atoms with Crippen LogP contribution in [0.3, 0.4) is 0 Å². The van der Waals surface area contributed by atoms with E-state index in [0.29, 0.717) is 0 Å². The van der Waals surface area contributed by atoms with Crippen molar-refractivity contribution in [1.82, 2.24) is 4.90 Å². The minimum atomic E-state index is 0.771. The number of aryl methyl sites for hydroxylation is 1. The number of hydrogen-bond acceptors (Lipinski definition) is 4. The van der Waals surface area contributed by atoms with Gasteiger partial charge in [0.15, 0.2) is 11.5 Å². The Hall–Kier alpha value is -2.20. The number of nitrogens with two attached hydrogens (primary N) is 1. The Balaban J connectivity index is 1.74. The lowest BCUT2D eigenvalue weighted by Gasteiger charge is -2.17. The van der Waals surface area contributed by atoms with E-state index in [1.165, 1.54) is 24.0 Å². The summed E-state index contributed by atoms with van der Waals surface area (Å²) in [4.78, 5) is 2.34. The molecule has 0 unspecified atom stereocenters. The van der Waals surface area contributed by atoms with E-state index in [1.807, 2.05) is 24.3 Å². The molecule has 0 amide bonds. The molecule has 2 N–H and O–H groups in total. The molecule has 0 aromatic heterocycles. The predicted octanol–water partition coefficient (Wildman–Crippen LogP) is 3.74. The van der Waals surface area contributed by atoms with Crippen molar-refractivity contribution in [3.8, 4) is 11.5 Å². The molecule has 24 heavy (non-hydrogen) atoms. The van der Waals surface area contributed by atoms with Crippen LogP contribution in [0, 0.1) is 0 Å². The van der Waals surface area contributed by atoms with E-state index in [-0.39, 0.29) is 0 Å². The number of methoxy groups -OCH3 is 2. The summed E-state index contributed by atoms with van der Waals surface area (Å²) in [5.74, 6) is 1.55. The van der Waals surface area contributed by atoms with Gasteiger partial charge in [0.2, 0.25) is 0 Å². The lowest BCUT2D eigenvalue weighted by Crippen LogP contribution is -2.19. The van der Waals surface area contributed by atoms with Crippen LogP contribution < -0.4 is 15.2 Å². The normalized spacial score (nSPS) is 10.8. The quantitative estimate of drug-likeness (QED) is 0.563. The Kier molecular flexibility index (Phi) is 6.94. The van der Waals surface area contributed by atoms with Gasteiger partial charge in [0, 0.05) is 12.2 Å². The minimum Gasteiger partial charge on any atom is -0.493 e. The lowest BCUT2D eigenvalue weighted by molar-refractivity contribution is 0.316. The maximum atomic E-state index is 5.71. The molecule has 0 aliphatic carbocycles. The van der Waals surface area contributed by atoms with Crippen molar-refractivity contribution in [1.29, 1.82) is 0 Å². The van der Waals surface area contributed by atoms with E-state index in [2.05, 4.69) is 30.1 Å². The van der Waals surface area contributed by atoms with Gasteiger partial charge in [-0.25, -0.2) is 0 Å². The summed E-state index contributed by atoms with van der Waals surface area (Å²) >= 11 is 0. The molecule has 0 aliphatic heterocycles. The molecule has 0 fully saturated rings. The maximum Gasteiger partial charge on any atom is 0.161 e. The maximum absolute atomic E-state index is 5.71. The van der Waals surface area contributed by atoms with Crippen LogP contribution in [0.1, 0.15) is 24.0 Å². The van der Waals surface area contributed by atoms with Crippen LogP contribution in [0.5, 0.6) is 11.5 Å². The largest absolute Gasteiger partial charge is 0.493 e. The van der Waals surface area contributed by atoms with Crippen LogP contribution in [-0.4, -0.2) is 32.7 Å². The molecule has 4 nitrogen and oxygen atoms in total. The summed E-state index contributed by atoms with van der Waals surface area (Å²) in [6, 6.07) is 14.3. The zero-order chi connectivity index (χ0) is 17.4. The summed E-state index contributed by atoms with van der Waals surface area (Å²) < 4.78 is 10.6. The zero-order valence-corrected chi connectivity index (χ0v) is 14.9. The van der Waals surface area contributed by atoms with E-state index in [1.54, 1.807) is 14.2 Å². The van der Waals surface area contributed by atoms with Crippen molar-refractivity contribution in [2.75, 3.05) is 33.5 Å². The van der Waals surface area contributed by atoms with Gasteiger partial charge in [-0.05, 0) is 68.2 Å². The molecule has 0 saturated carbocycles. The highest BCUT2D eigenvalue weighted by atomic mass is 16.5. The summed E-state index contributed by atoms with van der Waals surface area (Å²) in [6.07, 6.45) is 3.46. The molecule has 130 valence electrons. The molecular weight excluding hydrogens is 300 g/mol. The van der Waals surface area contributed by atoms with E-state index in [0.717, 1.165) is 36.7 Å². The summed E-state index contributed by atoms with van der Waals surface area (Å²) in [6.45, 7) is 1.98. The van der Waals surface area contributed by atoms with Crippen molar-refractivity contribution in [2.24, 2.45) is 0 Å². The highest BCUT2D eigenvalue weighted by Gasteiger charge is 2.06. The molecule has 0 saturated heterocycles. The molecule has 0 bridgehead atoms. The van der Waals surface area contributed by atoms with Gasteiger partial charge in [-0.3, -0.25) is 0 Å². The van der Waals surface area contributed by atoms with Gasteiger partial charge < -0.3 is 20.1 Å². The number of unbranched alkanes of at least 4 members (excludes halogenated alkanes) is 1. The second kappa shape index (κ2) is 9.18. The number of anilines is 1. The Morgan fingerprint density at radius 2 is 1.54 bits per heavy atom. The first-order valence-corrected chi connectivity index (χ1v) is 8.36. The number of nitrogens with zero attached hydrogens (tertiary/aromatic N) is 1. The van der Waals surface area contributed by atoms with E-state index in [4.69, 9.17) is 15.2 Å². The van der Waals surface area contributed by atoms with Gasteiger partial charge in [-0.15, -0.1) is 0 Å². The van der Waals surface area contributed by atoms with Gasteiger partial charge in [-0.2, -0.15) is 0 Å². The minimum absolute atomic E-state index is 0.771. The molecule has 0 aliphatic rings. The second-order valence-electron chi connectivity index (χ2n) is 6.13. The van der Waals surface area contributed by atoms with Crippen molar-refractivity contribution in [3.05, 3.63) is 53.6 Å². The zero-order valence-electron chi connectivity index (χ0n) is 14.9. The molecule has 4 heteroatoms. The van der Waals surface area contributed by atoms with Crippen LogP contribution in [0.2, 0.25) is 0 Å². The Labute approximate surface area is 145 Å². The van der Waals surface area contributed by atoms with Crippen LogP contribution in [0.4, 0.5) is 5.69 Å². The fourth-order valence-electron chi connectivity index (χ4n) is 2.76. The van der Waals surface area contributed by atoms with E-state index in [9.17, 15) is 0 Å². The Morgan fingerprint density at radius 3 is 2.21 bits per heavy atom. The SMILES string of the molecule is COc1ccc(CN(C)CCCCc2ccc(N)cc2)cc1OC. The first-order valence-electron chi connectivity index (χ1n) is 8.36. The average Bonchev–Trinajstić information content (AvgIpc) is 2.60. The van der Waals surface area contributed by atoms with E-state index < -0.39 is 0 Å². The van der Waals surface area contributed by atoms with Gasteiger partial charge in [-0.1, -0.05) is 18.2 Å². The third-order valence-corrected chi connectivity index (χ3v) is 4.14. The first kappa shape index (κ1) is 18.1. The van der Waals surface area contributed by atoms with Crippen molar-refractivity contribution in [3.63, 3.8) is 0 Å². The topological polar surface area (TPSA) is 47.7 Å². The molecule has 0 radical (unpaired) electrons. The van der Waals surface area contributed by atoms with Crippen LogP contribution >= 0.6 is 0 Å². The Morgan fingerprint density at radius 1 is 0.875 bits per heavy atom. The monoisotopic (exact) mass is 328 g/mol. The molecule has 0 spiro atoms. The number of hydrogen-bond donors (Lipinski definition) is 1. The average molecular weight is 328 g/mol. The lowest BCUT2D eigenvalue weighted by atomic mass is 10.1. The van der Waals surface area contributed by atoms with Gasteiger partial charge in [0.05, 0.1) is 14.2 Å². The fraction of sp³-hybridized carbons (Fsp3) is 0.400. The third kappa shape index (κ3) is 5.46. The summed E-state index contributed by atoms with van der Waals surface area (Å²) in [7, 11) is 5.48. The predicted molar refractivity (Wildman–Crippen MR) is 99.7 cm³/mol.